The van der Waals surface area contributed by atoms with Crippen molar-refractivity contribution in [2.45, 2.75) is 19.3 Å². The summed E-state index contributed by atoms with van der Waals surface area (Å²) in [7, 11) is 0. The van der Waals surface area contributed by atoms with E-state index in [-0.39, 0.29) is 5.56 Å². The third kappa shape index (κ3) is 6.06. The number of rotatable bonds is 13. The highest BCUT2D eigenvalue weighted by Gasteiger charge is 2.16. The molecule has 38 heavy (non-hydrogen) atoms. The van der Waals surface area contributed by atoms with E-state index in [0.717, 1.165) is 60.0 Å². The molecule has 0 saturated heterocycles. The number of para-hydroxylation sites is 3. The minimum atomic E-state index is -0.995. The number of carboxylic acids is 1. The minimum absolute atomic E-state index is 0.176. The lowest BCUT2D eigenvalue weighted by atomic mass is 10.1. The van der Waals surface area contributed by atoms with Crippen LogP contribution in [0.3, 0.4) is 0 Å². The Kier molecular flexibility index (Phi) is 8.04. The highest BCUT2D eigenvalue weighted by molar-refractivity contribution is 6.00. The molecule has 1 N–H and O–H groups in total. The molecule has 0 aliphatic heterocycles. The first kappa shape index (κ1) is 25.1. The second-order valence-corrected chi connectivity index (χ2v) is 8.99. The zero-order chi connectivity index (χ0) is 26.2. The number of carboxylic acid groups (broad SMARTS) is 1. The van der Waals surface area contributed by atoms with Gasteiger partial charge in [-0.1, -0.05) is 60.7 Å². The van der Waals surface area contributed by atoms with E-state index in [1.165, 1.54) is 0 Å². The molecule has 1 aromatic heterocycles. The van der Waals surface area contributed by atoms with Crippen LogP contribution in [0.1, 0.15) is 29.6 Å². The summed E-state index contributed by atoms with van der Waals surface area (Å²) in [6.07, 6.45) is 2.38. The van der Waals surface area contributed by atoms with Gasteiger partial charge in [0.25, 0.3) is 6.01 Å². The average Bonchev–Trinajstić information content (AvgIpc) is 3.38. The number of unbranched alkanes of at least 4 members (excludes halogenated alkanes) is 1. The molecule has 0 unspecified atom stereocenters. The summed E-state index contributed by atoms with van der Waals surface area (Å²) in [5, 5.41) is 11.4. The van der Waals surface area contributed by atoms with Gasteiger partial charge in [0.2, 0.25) is 0 Å². The largest absolute Gasteiger partial charge is 0.494 e. The monoisotopic (exact) mass is 510 g/mol. The highest BCUT2D eigenvalue weighted by Crippen LogP contribution is 2.30. The van der Waals surface area contributed by atoms with E-state index in [4.69, 9.17) is 13.9 Å². The normalized spacial score (nSPS) is 11.1. The summed E-state index contributed by atoms with van der Waals surface area (Å²) in [4.78, 5) is 18.6. The number of oxazole rings is 1. The third-order valence-electron chi connectivity index (χ3n) is 6.32. The molecule has 5 aromatic rings. The predicted molar refractivity (Wildman–Crippen MR) is 148 cm³/mol. The molecule has 0 aliphatic carbocycles. The van der Waals surface area contributed by atoms with E-state index < -0.39 is 5.97 Å². The molecule has 0 radical (unpaired) electrons. The van der Waals surface area contributed by atoms with Crippen LogP contribution in [0.4, 0.5) is 6.01 Å². The first-order valence-corrected chi connectivity index (χ1v) is 12.9. The van der Waals surface area contributed by atoms with Crippen molar-refractivity contribution in [2.75, 3.05) is 31.2 Å². The summed E-state index contributed by atoms with van der Waals surface area (Å²) < 4.78 is 17.9. The van der Waals surface area contributed by atoms with E-state index in [9.17, 15) is 9.90 Å². The molecule has 0 atom stereocenters. The molecule has 1 heterocycles. The van der Waals surface area contributed by atoms with Gasteiger partial charge in [0.1, 0.15) is 22.6 Å². The number of carbonyl (C=O) groups is 1. The van der Waals surface area contributed by atoms with Crippen LogP contribution in [-0.4, -0.2) is 42.4 Å². The zero-order valence-electron chi connectivity index (χ0n) is 21.1. The zero-order valence-corrected chi connectivity index (χ0v) is 21.1. The summed E-state index contributed by atoms with van der Waals surface area (Å²) in [6.45, 7) is 2.45. The van der Waals surface area contributed by atoms with Crippen molar-refractivity contribution >= 4 is 33.9 Å². The number of ether oxygens (including phenoxy) is 2. The number of aromatic carboxylic acids is 1. The van der Waals surface area contributed by atoms with E-state index in [1.807, 2.05) is 84.9 Å². The Morgan fingerprint density at radius 2 is 1.53 bits per heavy atom. The Bertz CT molecular complexity index is 1470. The van der Waals surface area contributed by atoms with Gasteiger partial charge < -0.3 is 23.9 Å². The van der Waals surface area contributed by atoms with Gasteiger partial charge >= 0.3 is 5.97 Å². The number of hydrogen-bond donors (Lipinski definition) is 1. The summed E-state index contributed by atoms with van der Waals surface area (Å²) in [5.74, 6) is 0.280. The average molecular weight is 511 g/mol. The second kappa shape index (κ2) is 12.1. The fourth-order valence-corrected chi connectivity index (χ4v) is 4.41. The molecule has 0 fully saturated rings. The van der Waals surface area contributed by atoms with Crippen molar-refractivity contribution in [1.29, 1.82) is 0 Å². The van der Waals surface area contributed by atoms with Crippen molar-refractivity contribution in [3.63, 3.8) is 0 Å². The van der Waals surface area contributed by atoms with E-state index >= 15 is 0 Å². The number of anilines is 1. The quantitative estimate of drug-likeness (QED) is 0.174. The lowest BCUT2D eigenvalue weighted by Gasteiger charge is -2.21. The van der Waals surface area contributed by atoms with Crippen LogP contribution >= 0.6 is 0 Å². The fraction of sp³-hybridized carbons (Fsp3) is 0.226. The molecule has 0 amide bonds. The number of benzene rings is 4. The number of nitrogens with zero attached hydrogens (tertiary/aromatic N) is 2. The topological polar surface area (TPSA) is 85.0 Å². The molecule has 194 valence electrons. The van der Waals surface area contributed by atoms with Crippen LogP contribution in [0.25, 0.3) is 21.9 Å². The molecule has 0 bridgehead atoms. The molecule has 4 aromatic carbocycles. The molecule has 0 spiro atoms. The molecule has 0 saturated carbocycles. The molecule has 7 nitrogen and oxygen atoms in total. The fourth-order valence-electron chi connectivity index (χ4n) is 4.41. The van der Waals surface area contributed by atoms with E-state index in [2.05, 4.69) is 9.88 Å². The SMILES string of the molecule is O=C(O)c1ccc2ccccc2c1OCCCCN(CCCOc1ccccc1)c1nc2ccccc2o1. The maximum atomic E-state index is 11.8. The van der Waals surface area contributed by atoms with Gasteiger partial charge in [-0.15, -0.1) is 0 Å². The number of fused-ring (bicyclic) bond motifs is 2. The molecule has 5 rings (SSSR count). The van der Waals surface area contributed by atoms with E-state index in [1.54, 1.807) is 6.07 Å². The highest BCUT2D eigenvalue weighted by atomic mass is 16.5. The number of hydrogen-bond acceptors (Lipinski definition) is 6. The Morgan fingerprint density at radius 3 is 2.37 bits per heavy atom. The Labute approximate surface area is 221 Å². The van der Waals surface area contributed by atoms with Crippen LogP contribution in [0.2, 0.25) is 0 Å². The molecular weight excluding hydrogens is 480 g/mol. The summed E-state index contributed by atoms with van der Waals surface area (Å²) in [5.41, 5.74) is 1.76. The Morgan fingerprint density at radius 1 is 0.789 bits per heavy atom. The number of aromatic nitrogens is 1. The lowest BCUT2D eigenvalue weighted by Crippen LogP contribution is -2.27. The van der Waals surface area contributed by atoms with Gasteiger partial charge in [-0.2, -0.15) is 4.98 Å². The van der Waals surface area contributed by atoms with Gasteiger partial charge in [0, 0.05) is 18.5 Å². The molecule has 7 heteroatoms. The van der Waals surface area contributed by atoms with Gasteiger partial charge in [-0.3, -0.25) is 0 Å². The summed E-state index contributed by atoms with van der Waals surface area (Å²) in [6, 6.07) is 29.2. The van der Waals surface area contributed by atoms with Crippen molar-refractivity contribution in [3.8, 4) is 11.5 Å². The van der Waals surface area contributed by atoms with E-state index in [0.29, 0.717) is 25.0 Å². The van der Waals surface area contributed by atoms with Crippen LogP contribution in [-0.2, 0) is 0 Å². The third-order valence-corrected chi connectivity index (χ3v) is 6.32. The Hall–Kier alpha value is -4.52. The Balaban J connectivity index is 1.20. The maximum Gasteiger partial charge on any atom is 0.339 e. The standard InChI is InChI=1S/C31H30N2O5/c34-30(35)26-18-17-23-11-4-5-14-25(23)29(26)37-21-9-8-19-33(20-10-22-36-24-12-2-1-3-13-24)31-32-27-15-6-7-16-28(27)38-31/h1-7,11-18H,8-10,19-22H2,(H,34,35). The van der Waals surface area contributed by atoms with Crippen LogP contribution < -0.4 is 14.4 Å². The molecule has 0 aliphatic rings. The second-order valence-electron chi connectivity index (χ2n) is 8.99. The minimum Gasteiger partial charge on any atom is -0.494 e. The first-order chi connectivity index (χ1) is 18.7. The molecular formula is C31H30N2O5. The van der Waals surface area contributed by atoms with Crippen molar-refractivity contribution in [3.05, 3.63) is 96.6 Å². The van der Waals surface area contributed by atoms with Crippen LogP contribution in [0.5, 0.6) is 11.5 Å². The maximum absolute atomic E-state index is 11.8. The van der Waals surface area contributed by atoms with Gasteiger partial charge in [0.15, 0.2) is 5.58 Å². The predicted octanol–water partition coefficient (Wildman–Crippen LogP) is 6.81. The smallest absolute Gasteiger partial charge is 0.339 e. The van der Waals surface area contributed by atoms with Gasteiger partial charge in [-0.25, -0.2) is 4.79 Å². The van der Waals surface area contributed by atoms with Crippen LogP contribution in [0, 0.1) is 0 Å². The summed E-state index contributed by atoms with van der Waals surface area (Å²) >= 11 is 0. The lowest BCUT2D eigenvalue weighted by molar-refractivity contribution is 0.0692. The van der Waals surface area contributed by atoms with Gasteiger partial charge in [-0.05, 0) is 55.0 Å². The van der Waals surface area contributed by atoms with Gasteiger partial charge in [0.05, 0.1) is 13.2 Å². The first-order valence-electron chi connectivity index (χ1n) is 12.9. The van der Waals surface area contributed by atoms with Crippen LogP contribution in [0.15, 0.2) is 95.4 Å². The van der Waals surface area contributed by atoms with Crippen molar-refractivity contribution < 1.29 is 23.8 Å². The van der Waals surface area contributed by atoms with Crippen molar-refractivity contribution in [1.82, 2.24) is 4.98 Å². The van der Waals surface area contributed by atoms with Crippen molar-refractivity contribution in [2.24, 2.45) is 0 Å².